The van der Waals surface area contributed by atoms with Crippen LogP contribution in [0.25, 0.3) is 0 Å². The molecule has 0 radical (unpaired) electrons. The van der Waals surface area contributed by atoms with Crippen molar-refractivity contribution in [3.63, 3.8) is 0 Å². The van der Waals surface area contributed by atoms with Crippen LogP contribution in [0.1, 0.15) is 13.8 Å². The van der Waals surface area contributed by atoms with Crippen molar-refractivity contribution < 1.29 is 14.1 Å². The highest BCUT2D eigenvalue weighted by atomic mass is 32.2. The summed E-state index contributed by atoms with van der Waals surface area (Å²) in [5.41, 5.74) is 0. The third-order valence-corrected chi connectivity index (χ3v) is 2.65. The highest BCUT2D eigenvalue weighted by molar-refractivity contribution is 7.84. The highest BCUT2D eigenvalue weighted by Crippen LogP contribution is 1.93. The first-order valence-electron chi connectivity index (χ1n) is 4.19. The molecule has 0 heterocycles. The van der Waals surface area contributed by atoms with Gasteiger partial charge in [0.15, 0.2) is 0 Å². The number of hydrogen-bond donors (Lipinski definition) is 2. The van der Waals surface area contributed by atoms with Crippen LogP contribution >= 0.6 is 0 Å². The number of carboxylic acids is 1. The summed E-state index contributed by atoms with van der Waals surface area (Å²) in [4.78, 5) is 10.4. The van der Waals surface area contributed by atoms with Gasteiger partial charge in [-0.2, -0.15) is 0 Å². The zero-order valence-electron chi connectivity index (χ0n) is 8.24. The highest BCUT2D eigenvalue weighted by Gasteiger charge is 2.12. The maximum Gasteiger partial charge on any atom is 0.307 e. The molecule has 0 saturated heterocycles. The molecule has 0 bridgehead atoms. The van der Waals surface area contributed by atoms with Gasteiger partial charge >= 0.3 is 5.97 Å². The number of carboxylic acid groups (broad SMARTS) is 1. The second-order valence-corrected chi connectivity index (χ2v) is 4.77. The molecule has 0 spiro atoms. The van der Waals surface area contributed by atoms with E-state index in [4.69, 9.17) is 5.11 Å². The minimum atomic E-state index is -0.831. The molecule has 78 valence electrons. The Morgan fingerprint density at radius 3 is 2.46 bits per heavy atom. The van der Waals surface area contributed by atoms with Crippen molar-refractivity contribution in [1.82, 2.24) is 5.32 Å². The molecule has 2 N–H and O–H groups in total. The minimum Gasteiger partial charge on any atom is -0.481 e. The third-order valence-electron chi connectivity index (χ3n) is 1.68. The molecule has 3 atom stereocenters. The van der Waals surface area contributed by atoms with Gasteiger partial charge in [0.2, 0.25) is 0 Å². The van der Waals surface area contributed by atoms with E-state index >= 15 is 0 Å². The normalized spacial score (nSPS) is 17.8. The molecular formula is C8H17NO3S. The first kappa shape index (κ1) is 12.6. The zero-order chi connectivity index (χ0) is 10.4. The van der Waals surface area contributed by atoms with Crippen molar-refractivity contribution in [3.8, 4) is 0 Å². The molecule has 0 aliphatic heterocycles. The Morgan fingerprint density at radius 2 is 2.08 bits per heavy atom. The van der Waals surface area contributed by atoms with Gasteiger partial charge in [0.1, 0.15) is 0 Å². The smallest absolute Gasteiger partial charge is 0.307 e. The van der Waals surface area contributed by atoms with E-state index in [-0.39, 0.29) is 6.04 Å². The SMILES string of the molecule is CC(CS(C)=O)NCC(C)C(=O)O. The maximum atomic E-state index is 10.8. The van der Waals surface area contributed by atoms with E-state index in [0.717, 1.165) is 0 Å². The molecule has 0 aromatic carbocycles. The van der Waals surface area contributed by atoms with E-state index in [1.54, 1.807) is 13.2 Å². The predicted octanol–water partition coefficient (Wildman–Crippen LogP) is 0.0637. The Kier molecular flexibility index (Phi) is 5.90. The first-order valence-corrected chi connectivity index (χ1v) is 5.92. The summed E-state index contributed by atoms with van der Waals surface area (Å²) in [6.45, 7) is 3.97. The second-order valence-electron chi connectivity index (χ2n) is 3.29. The van der Waals surface area contributed by atoms with Gasteiger partial charge in [-0.1, -0.05) is 6.92 Å². The van der Waals surface area contributed by atoms with Crippen molar-refractivity contribution >= 4 is 16.8 Å². The Labute approximate surface area is 81.2 Å². The van der Waals surface area contributed by atoms with Crippen LogP contribution in [-0.4, -0.2) is 39.9 Å². The molecule has 0 fully saturated rings. The Morgan fingerprint density at radius 1 is 1.54 bits per heavy atom. The van der Waals surface area contributed by atoms with Crippen molar-refractivity contribution in [3.05, 3.63) is 0 Å². The second kappa shape index (κ2) is 6.10. The predicted molar refractivity (Wildman–Crippen MR) is 53.2 cm³/mol. The summed E-state index contributed by atoms with van der Waals surface area (Å²) in [5.74, 6) is -0.642. The van der Waals surface area contributed by atoms with Crippen LogP contribution in [0.15, 0.2) is 0 Å². The Hall–Kier alpha value is -0.420. The number of aliphatic carboxylic acids is 1. The van der Waals surface area contributed by atoms with E-state index in [9.17, 15) is 9.00 Å². The number of hydrogen-bond acceptors (Lipinski definition) is 3. The monoisotopic (exact) mass is 207 g/mol. The zero-order valence-corrected chi connectivity index (χ0v) is 9.06. The lowest BCUT2D eigenvalue weighted by Gasteiger charge is -2.13. The average Bonchev–Trinajstić information content (AvgIpc) is 1.98. The van der Waals surface area contributed by atoms with E-state index in [1.165, 1.54) is 0 Å². The van der Waals surface area contributed by atoms with Crippen LogP contribution in [0.4, 0.5) is 0 Å². The van der Waals surface area contributed by atoms with Crippen LogP contribution in [0.3, 0.4) is 0 Å². The van der Waals surface area contributed by atoms with Crippen LogP contribution in [0.2, 0.25) is 0 Å². The van der Waals surface area contributed by atoms with E-state index < -0.39 is 22.7 Å². The van der Waals surface area contributed by atoms with Crippen LogP contribution in [0, 0.1) is 5.92 Å². The van der Waals surface area contributed by atoms with E-state index in [1.807, 2.05) is 6.92 Å². The Bertz CT molecular complexity index is 196. The Balaban J connectivity index is 3.63. The fourth-order valence-corrected chi connectivity index (χ4v) is 1.70. The maximum absolute atomic E-state index is 10.8. The molecule has 0 saturated carbocycles. The van der Waals surface area contributed by atoms with Gasteiger partial charge in [0.25, 0.3) is 0 Å². The molecule has 4 nitrogen and oxygen atoms in total. The van der Waals surface area contributed by atoms with Gasteiger partial charge in [-0.05, 0) is 6.92 Å². The number of carbonyl (C=O) groups is 1. The van der Waals surface area contributed by atoms with Gasteiger partial charge in [-0.3, -0.25) is 9.00 Å². The summed E-state index contributed by atoms with van der Waals surface area (Å²) >= 11 is 0. The molecule has 5 heteroatoms. The van der Waals surface area contributed by atoms with Crippen LogP contribution in [0.5, 0.6) is 0 Å². The largest absolute Gasteiger partial charge is 0.481 e. The summed E-state index contributed by atoms with van der Waals surface area (Å²) in [5, 5.41) is 11.6. The van der Waals surface area contributed by atoms with Crippen molar-refractivity contribution in [2.24, 2.45) is 5.92 Å². The van der Waals surface area contributed by atoms with Crippen molar-refractivity contribution in [2.75, 3.05) is 18.6 Å². The molecular weight excluding hydrogens is 190 g/mol. The third kappa shape index (κ3) is 6.72. The molecule has 0 aliphatic rings. The molecule has 13 heavy (non-hydrogen) atoms. The summed E-state index contributed by atoms with van der Waals surface area (Å²) in [6.07, 6.45) is 1.64. The van der Waals surface area contributed by atoms with Gasteiger partial charge in [0, 0.05) is 35.4 Å². The van der Waals surface area contributed by atoms with Gasteiger partial charge in [-0.15, -0.1) is 0 Å². The standard InChI is InChI=1S/C8H17NO3S/c1-6(8(10)11)4-9-7(2)5-13(3)12/h6-7,9H,4-5H2,1-3H3,(H,10,11). The lowest BCUT2D eigenvalue weighted by Crippen LogP contribution is -2.36. The summed E-state index contributed by atoms with van der Waals surface area (Å²) in [6, 6.07) is 0.104. The van der Waals surface area contributed by atoms with Crippen LogP contribution < -0.4 is 5.32 Å². The number of rotatable bonds is 6. The van der Waals surface area contributed by atoms with E-state index in [2.05, 4.69) is 5.32 Å². The number of nitrogens with one attached hydrogen (secondary N) is 1. The molecule has 3 unspecified atom stereocenters. The quantitative estimate of drug-likeness (QED) is 0.646. The molecule has 0 rings (SSSR count). The molecule has 0 aromatic rings. The lowest BCUT2D eigenvalue weighted by molar-refractivity contribution is -0.140. The first-order chi connectivity index (χ1) is 5.93. The fourth-order valence-electron chi connectivity index (χ4n) is 0.876. The fraction of sp³-hybridized carbons (Fsp3) is 0.875. The van der Waals surface area contributed by atoms with E-state index in [0.29, 0.717) is 12.3 Å². The van der Waals surface area contributed by atoms with Crippen molar-refractivity contribution in [2.45, 2.75) is 19.9 Å². The van der Waals surface area contributed by atoms with Crippen molar-refractivity contribution in [1.29, 1.82) is 0 Å². The van der Waals surface area contributed by atoms with Crippen LogP contribution in [-0.2, 0) is 15.6 Å². The lowest BCUT2D eigenvalue weighted by atomic mass is 10.2. The van der Waals surface area contributed by atoms with Gasteiger partial charge in [-0.25, -0.2) is 0 Å². The minimum absolute atomic E-state index is 0.104. The molecule has 0 aromatic heterocycles. The van der Waals surface area contributed by atoms with Gasteiger partial charge in [0.05, 0.1) is 5.92 Å². The summed E-state index contributed by atoms with van der Waals surface area (Å²) in [7, 11) is -0.831. The molecule has 0 amide bonds. The van der Waals surface area contributed by atoms with Gasteiger partial charge < -0.3 is 10.4 Å². The average molecular weight is 207 g/mol. The molecule has 0 aliphatic carbocycles. The topological polar surface area (TPSA) is 66.4 Å². The summed E-state index contributed by atoms with van der Waals surface area (Å²) < 4.78 is 10.8.